The van der Waals surface area contributed by atoms with E-state index in [0.717, 1.165) is 0 Å². The SMILES string of the molecule is O=C(C=Cc1ccco1)NC(=S)NNC(=O)c1ccncc1. The van der Waals surface area contributed by atoms with Crippen molar-refractivity contribution in [3.63, 3.8) is 0 Å². The van der Waals surface area contributed by atoms with Gasteiger partial charge in [-0.25, -0.2) is 0 Å². The fourth-order valence-corrected chi connectivity index (χ4v) is 1.57. The third-order valence-electron chi connectivity index (χ3n) is 2.41. The maximum Gasteiger partial charge on any atom is 0.269 e. The van der Waals surface area contributed by atoms with Crippen molar-refractivity contribution in [1.29, 1.82) is 0 Å². The zero-order chi connectivity index (χ0) is 15.8. The summed E-state index contributed by atoms with van der Waals surface area (Å²) in [6, 6.07) is 6.50. The highest BCUT2D eigenvalue weighted by Crippen LogP contribution is 2.01. The molecule has 112 valence electrons. The molecule has 0 atom stereocenters. The molecule has 2 aromatic heterocycles. The second kappa shape index (κ2) is 7.70. The molecule has 0 saturated heterocycles. The Kier molecular flexibility index (Phi) is 5.38. The molecule has 2 aromatic rings. The molecule has 2 heterocycles. The first kappa shape index (κ1) is 15.4. The molecule has 0 aromatic carbocycles. The van der Waals surface area contributed by atoms with Crippen LogP contribution in [0, 0.1) is 0 Å². The highest BCUT2D eigenvalue weighted by Gasteiger charge is 2.06. The van der Waals surface area contributed by atoms with E-state index in [1.807, 2.05) is 0 Å². The van der Waals surface area contributed by atoms with Gasteiger partial charge in [-0.2, -0.15) is 0 Å². The summed E-state index contributed by atoms with van der Waals surface area (Å²) in [7, 11) is 0. The number of hydrogen-bond donors (Lipinski definition) is 3. The number of aromatic nitrogens is 1. The maximum atomic E-state index is 11.7. The van der Waals surface area contributed by atoms with Crippen molar-refractivity contribution in [2.45, 2.75) is 0 Å². The fraction of sp³-hybridized carbons (Fsp3) is 0. The van der Waals surface area contributed by atoms with Gasteiger partial charge in [-0.1, -0.05) is 0 Å². The van der Waals surface area contributed by atoms with Crippen LogP contribution in [0.15, 0.2) is 53.4 Å². The Labute approximate surface area is 131 Å². The summed E-state index contributed by atoms with van der Waals surface area (Å²) in [5.41, 5.74) is 5.20. The number of rotatable bonds is 3. The Bertz CT molecular complexity index is 683. The standard InChI is InChI=1S/C14H12N4O3S/c19-12(4-3-11-2-1-9-21-11)16-14(22)18-17-13(20)10-5-7-15-8-6-10/h1-9H,(H,17,20)(H2,16,18,19,22). The van der Waals surface area contributed by atoms with E-state index < -0.39 is 11.8 Å². The van der Waals surface area contributed by atoms with Crippen molar-refractivity contribution in [3.8, 4) is 0 Å². The van der Waals surface area contributed by atoms with Gasteiger partial charge < -0.3 is 4.42 Å². The molecule has 0 bridgehead atoms. The molecule has 3 N–H and O–H groups in total. The Balaban J connectivity index is 1.76. The molecule has 22 heavy (non-hydrogen) atoms. The van der Waals surface area contributed by atoms with Gasteiger partial charge in [0, 0.05) is 24.0 Å². The number of carbonyl (C=O) groups excluding carboxylic acids is 2. The van der Waals surface area contributed by atoms with E-state index in [1.165, 1.54) is 30.8 Å². The van der Waals surface area contributed by atoms with E-state index in [2.05, 4.69) is 21.2 Å². The average molecular weight is 316 g/mol. The molecule has 7 nitrogen and oxygen atoms in total. The third kappa shape index (κ3) is 4.84. The first-order valence-corrected chi connectivity index (χ1v) is 6.59. The summed E-state index contributed by atoms with van der Waals surface area (Å²) in [6.45, 7) is 0. The number of nitrogens with one attached hydrogen (secondary N) is 3. The fourth-order valence-electron chi connectivity index (χ4n) is 1.42. The zero-order valence-electron chi connectivity index (χ0n) is 11.3. The van der Waals surface area contributed by atoms with Gasteiger partial charge >= 0.3 is 0 Å². The number of nitrogens with zero attached hydrogens (tertiary/aromatic N) is 1. The Morgan fingerprint density at radius 3 is 2.64 bits per heavy atom. The van der Waals surface area contributed by atoms with E-state index in [9.17, 15) is 9.59 Å². The van der Waals surface area contributed by atoms with Crippen LogP contribution in [0.25, 0.3) is 6.08 Å². The molecule has 2 amide bonds. The minimum absolute atomic E-state index is 0.0310. The summed E-state index contributed by atoms with van der Waals surface area (Å²) in [6.07, 6.45) is 7.24. The smallest absolute Gasteiger partial charge is 0.269 e. The molecule has 0 unspecified atom stereocenters. The first-order chi connectivity index (χ1) is 10.6. The third-order valence-corrected chi connectivity index (χ3v) is 2.62. The predicted octanol–water partition coefficient (Wildman–Crippen LogP) is 1.02. The van der Waals surface area contributed by atoms with Crippen molar-refractivity contribution < 1.29 is 14.0 Å². The van der Waals surface area contributed by atoms with Crippen molar-refractivity contribution >= 4 is 35.2 Å². The molecule has 0 aliphatic carbocycles. The van der Waals surface area contributed by atoms with E-state index in [-0.39, 0.29) is 5.11 Å². The van der Waals surface area contributed by atoms with Crippen LogP contribution in [-0.2, 0) is 4.79 Å². The second-order valence-electron chi connectivity index (χ2n) is 3.98. The Morgan fingerprint density at radius 2 is 1.95 bits per heavy atom. The van der Waals surface area contributed by atoms with E-state index in [0.29, 0.717) is 11.3 Å². The molecule has 2 rings (SSSR count). The lowest BCUT2D eigenvalue weighted by Gasteiger charge is -2.09. The van der Waals surface area contributed by atoms with E-state index in [1.54, 1.807) is 24.3 Å². The van der Waals surface area contributed by atoms with Gasteiger partial charge in [0.15, 0.2) is 5.11 Å². The summed E-state index contributed by atoms with van der Waals surface area (Å²) >= 11 is 4.89. The highest BCUT2D eigenvalue weighted by atomic mass is 32.1. The molecular formula is C14H12N4O3S. The van der Waals surface area contributed by atoms with Crippen LogP contribution in [0.1, 0.15) is 16.1 Å². The quantitative estimate of drug-likeness (QED) is 0.444. The van der Waals surface area contributed by atoms with Crippen molar-refractivity contribution in [3.05, 3.63) is 60.3 Å². The highest BCUT2D eigenvalue weighted by molar-refractivity contribution is 7.80. The van der Waals surface area contributed by atoms with Gasteiger partial charge in [0.1, 0.15) is 5.76 Å². The van der Waals surface area contributed by atoms with Crippen LogP contribution in [0.2, 0.25) is 0 Å². The van der Waals surface area contributed by atoms with E-state index >= 15 is 0 Å². The normalized spacial score (nSPS) is 10.2. The largest absolute Gasteiger partial charge is 0.465 e. The minimum Gasteiger partial charge on any atom is -0.465 e. The van der Waals surface area contributed by atoms with E-state index in [4.69, 9.17) is 16.6 Å². The van der Waals surface area contributed by atoms with Crippen molar-refractivity contribution in [1.82, 2.24) is 21.2 Å². The number of hydrogen-bond acceptors (Lipinski definition) is 5. The zero-order valence-corrected chi connectivity index (χ0v) is 12.1. The lowest BCUT2D eigenvalue weighted by molar-refractivity contribution is -0.115. The molecule has 8 heteroatoms. The molecule has 0 radical (unpaired) electrons. The minimum atomic E-state index is -0.452. The first-order valence-electron chi connectivity index (χ1n) is 6.18. The average Bonchev–Trinajstić information content (AvgIpc) is 3.05. The summed E-state index contributed by atoms with van der Waals surface area (Å²) in [5, 5.41) is 2.34. The van der Waals surface area contributed by atoms with Gasteiger partial charge in [0.2, 0.25) is 5.91 Å². The van der Waals surface area contributed by atoms with Crippen molar-refractivity contribution in [2.24, 2.45) is 0 Å². The predicted molar refractivity (Wildman–Crippen MR) is 83.3 cm³/mol. The Hall–Kier alpha value is -3.00. The van der Waals surface area contributed by atoms with Crippen LogP contribution in [0.3, 0.4) is 0 Å². The number of carbonyl (C=O) groups is 2. The molecular weight excluding hydrogens is 304 g/mol. The van der Waals surface area contributed by atoms with Crippen LogP contribution in [0.5, 0.6) is 0 Å². The maximum absolute atomic E-state index is 11.7. The number of thiocarbonyl (C=S) groups is 1. The molecule has 0 spiro atoms. The Morgan fingerprint density at radius 1 is 1.18 bits per heavy atom. The monoisotopic (exact) mass is 316 g/mol. The summed E-state index contributed by atoms with van der Waals surface area (Å²) in [5.74, 6) is -0.308. The number of pyridine rings is 1. The topological polar surface area (TPSA) is 96.3 Å². The second-order valence-corrected chi connectivity index (χ2v) is 4.39. The number of furan rings is 1. The molecule has 0 aliphatic heterocycles. The van der Waals surface area contributed by atoms with Crippen LogP contribution >= 0.6 is 12.2 Å². The van der Waals surface area contributed by atoms with Crippen molar-refractivity contribution in [2.75, 3.05) is 0 Å². The molecule has 0 saturated carbocycles. The van der Waals surface area contributed by atoms with Gasteiger partial charge in [0.05, 0.1) is 6.26 Å². The van der Waals surface area contributed by atoms with Crippen LogP contribution < -0.4 is 16.2 Å². The number of amides is 2. The van der Waals surface area contributed by atoms with Gasteiger partial charge in [-0.3, -0.25) is 30.7 Å². The summed E-state index contributed by atoms with van der Waals surface area (Å²) in [4.78, 5) is 27.1. The number of hydrazine groups is 1. The lowest BCUT2D eigenvalue weighted by atomic mass is 10.3. The molecule has 0 fully saturated rings. The van der Waals surface area contributed by atoms with Gasteiger partial charge in [0.25, 0.3) is 5.91 Å². The van der Waals surface area contributed by atoms with Crippen LogP contribution in [-0.4, -0.2) is 21.9 Å². The van der Waals surface area contributed by atoms with Crippen LogP contribution in [0.4, 0.5) is 0 Å². The summed E-state index contributed by atoms with van der Waals surface area (Å²) < 4.78 is 5.04. The lowest BCUT2D eigenvalue weighted by Crippen LogP contribution is -2.48. The molecule has 0 aliphatic rings. The van der Waals surface area contributed by atoms with Gasteiger partial charge in [-0.05, 0) is 42.6 Å². The van der Waals surface area contributed by atoms with Gasteiger partial charge in [-0.15, -0.1) is 0 Å².